The quantitative estimate of drug-likeness (QED) is 0.291. The Labute approximate surface area is 74.0 Å². The lowest BCUT2D eigenvalue weighted by molar-refractivity contribution is 0.0693. The van der Waals surface area contributed by atoms with Crippen molar-refractivity contribution in [3.05, 3.63) is 17.2 Å². The van der Waals surface area contributed by atoms with Crippen molar-refractivity contribution in [1.82, 2.24) is 0 Å². The second-order valence-corrected chi connectivity index (χ2v) is 2.64. The topological polar surface area (TPSA) is 104 Å². The van der Waals surface area contributed by atoms with E-state index in [-0.39, 0.29) is 22.6 Å². The number of phenolic OH excluding ortho intramolecular Hbond substituents is 1. The molecule has 5 N–H and O–H groups in total. The second kappa shape index (κ2) is 2.85. The van der Waals surface area contributed by atoms with Crippen molar-refractivity contribution in [2.45, 2.75) is 6.92 Å². The fourth-order valence-electron chi connectivity index (χ4n) is 0.986. The maximum Gasteiger partial charge on any atom is 0.339 e. The Morgan fingerprint density at radius 3 is 2.38 bits per heavy atom. The molecule has 0 unspecified atom stereocenters. The highest BCUT2D eigenvalue weighted by Gasteiger charge is 2.16. The molecular formula is C8H9NO4. The molecule has 0 aliphatic carbocycles. The van der Waals surface area contributed by atoms with E-state index in [9.17, 15) is 15.0 Å². The van der Waals surface area contributed by atoms with E-state index >= 15 is 0 Å². The molecule has 0 aromatic heterocycles. The molecule has 0 heterocycles. The maximum atomic E-state index is 10.5. The van der Waals surface area contributed by atoms with E-state index in [0.717, 1.165) is 6.07 Å². The lowest BCUT2D eigenvalue weighted by Gasteiger charge is -2.07. The maximum absolute atomic E-state index is 10.5. The van der Waals surface area contributed by atoms with Crippen LogP contribution in [0.4, 0.5) is 5.69 Å². The van der Waals surface area contributed by atoms with Gasteiger partial charge in [-0.3, -0.25) is 0 Å². The van der Waals surface area contributed by atoms with Crippen LogP contribution in [0.1, 0.15) is 15.9 Å². The van der Waals surface area contributed by atoms with Crippen molar-refractivity contribution in [3.63, 3.8) is 0 Å². The Morgan fingerprint density at radius 1 is 1.38 bits per heavy atom. The molecule has 0 spiro atoms. The summed E-state index contributed by atoms with van der Waals surface area (Å²) in [4.78, 5) is 10.5. The van der Waals surface area contributed by atoms with Crippen molar-refractivity contribution in [2.24, 2.45) is 0 Å². The van der Waals surface area contributed by atoms with Gasteiger partial charge < -0.3 is 21.1 Å². The number of anilines is 1. The molecule has 1 aromatic carbocycles. The standard InChI is InChI=1S/C8H9NO4/c1-3-6(10)4(8(12)13)2-5(9)7(3)11/h2,10-11H,9H2,1H3,(H,12,13). The Balaban J connectivity index is 3.50. The highest BCUT2D eigenvalue weighted by molar-refractivity contribution is 5.93. The Hall–Kier alpha value is -1.91. The van der Waals surface area contributed by atoms with Gasteiger partial charge in [-0.1, -0.05) is 0 Å². The monoisotopic (exact) mass is 183 g/mol. The molecule has 0 aliphatic rings. The molecule has 5 nitrogen and oxygen atoms in total. The molecule has 0 radical (unpaired) electrons. The van der Waals surface area contributed by atoms with Gasteiger partial charge in [0.15, 0.2) is 0 Å². The zero-order valence-corrected chi connectivity index (χ0v) is 6.90. The minimum Gasteiger partial charge on any atom is -0.507 e. The molecule has 0 bridgehead atoms. The van der Waals surface area contributed by atoms with Crippen LogP contribution >= 0.6 is 0 Å². The number of carbonyl (C=O) groups is 1. The number of rotatable bonds is 1. The molecule has 0 amide bonds. The van der Waals surface area contributed by atoms with E-state index in [0.29, 0.717) is 0 Å². The molecular weight excluding hydrogens is 174 g/mol. The van der Waals surface area contributed by atoms with Crippen molar-refractivity contribution in [2.75, 3.05) is 5.73 Å². The summed E-state index contributed by atoms with van der Waals surface area (Å²) in [6.07, 6.45) is 0. The Morgan fingerprint density at radius 2 is 1.92 bits per heavy atom. The Bertz CT molecular complexity index is 373. The van der Waals surface area contributed by atoms with Crippen molar-refractivity contribution in [1.29, 1.82) is 0 Å². The van der Waals surface area contributed by atoms with Gasteiger partial charge in [0.05, 0.1) is 5.69 Å². The Kier molecular flexibility index (Phi) is 2.02. The fraction of sp³-hybridized carbons (Fsp3) is 0.125. The van der Waals surface area contributed by atoms with Crippen molar-refractivity contribution in [3.8, 4) is 11.5 Å². The number of phenols is 2. The van der Waals surface area contributed by atoms with Crippen LogP contribution in [-0.2, 0) is 0 Å². The minimum absolute atomic E-state index is 0.0623. The summed E-state index contributed by atoms with van der Waals surface area (Å²) in [5, 5.41) is 27.1. The fourth-order valence-corrected chi connectivity index (χ4v) is 0.986. The van der Waals surface area contributed by atoms with Crippen LogP contribution in [-0.4, -0.2) is 21.3 Å². The van der Waals surface area contributed by atoms with Crippen LogP contribution < -0.4 is 5.73 Å². The highest BCUT2D eigenvalue weighted by atomic mass is 16.4. The largest absolute Gasteiger partial charge is 0.507 e. The molecule has 0 saturated carbocycles. The summed E-state index contributed by atoms with van der Waals surface area (Å²) in [7, 11) is 0. The predicted octanol–water partition coefficient (Wildman–Crippen LogP) is 0.687. The van der Waals surface area contributed by atoms with Crippen LogP contribution in [0.2, 0.25) is 0 Å². The van der Waals surface area contributed by atoms with Crippen LogP contribution in [0.3, 0.4) is 0 Å². The van der Waals surface area contributed by atoms with Gasteiger partial charge in [-0.15, -0.1) is 0 Å². The third-order valence-corrected chi connectivity index (χ3v) is 1.77. The molecule has 5 heteroatoms. The first-order valence-electron chi connectivity index (χ1n) is 3.49. The van der Waals surface area contributed by atoms with E-state index in [4.69, 9.17) is 10.8 Å². The van der Waals surface area contributed by atoms with E-state index in [2.05, 4.69) is 0 Å². The SMILES string of the molecule is Cc1c(O)c(N)cc(C(=O)O)c1O. The highest BCUT2D eigenvalue weighted by Crippen LogP contribution is 2.34. The average Bonchev–Trinajstić information content (AvgIpc) is 2.07. The number of nitrogens with two attached hydrogens (primary N) is 1. The summed E-state index contributed by atoms with van der Waals surface area (Å²) in [5.74, 6) is -2.03. The summed E-state index contributed by atoms with van der Waals surface area (Å²) in [6, 6.07) is 1.01. The van der Waals surface area contributed by atoms with Gasteiger partial charge in [0.25, 0.3) is 0 Å². The molecule has 1 aromatic rings. The first-order valence-corrected chi connectivity index (χ1v) is 3.49. The molecule has 13 heavy (non-hydrogen) atoms. The lowest BCUT2D eigenvalue weighted by Crippen LogP contribution is -2.00. The second-order valence-electron chi connectivity index (χ2n) is 2.64. The number of carboxylic acids is 1. The van der Waals surface area contributed by atoms with E-state index in [1.54, 1.807) is 0 Å². The smallest absolute Gasteiger partial charge is 0.339 e. The average molecular weight is 183 g/mol. The minimum atomic E-state index is -1.28. The van der Waals surface area contributed by atoms with Gasteiger partial charge in [0, 0.05) is 5.56 Å². The lowest BCUT2D eigenvalue weighted by atomic mass is 10.1. The summed E-state index contributed by atoms with van der Waals surface area (Å²) < 4.78 is 0. The number of hydrogen-bond acceptors (Lipinski definition) is 4. The van der Waals surface area contributed by atoms with Gasteiger partial charge in [-0.25, -0.2) is 4.79 Å². The van der Waals surface area contributed by atoms with Crippen molar-refractivity contribution >= 4 is 11.7 Å². The van der Waals surface area contributed by atoms with Crippen LogP contribution in [0.5, 0.6) is 11.5 Å². The zero-order valence-electron chi connectivity index (χ0n) is 6.90. The van der Waals surface area contributed by atoms with Gasteiger partial charge in [-0.2, -0.15) is 0 Å². The normalized spacial score (nSPS) is 9.92. The first kappa shape index (κ1) is 9.18. The number of hydrogen-bond donors (Lipinski definition) is 4. The molecule has 1 rings (SSSR count). The summed E-state index contributed by atoms with van der Waals surface area (Å²) >= 11 is 0. The number of benzene rings is 1. The first-order chi connectivity index (χ1) is 5.95. The summed E-state index contributed by atoms with van der Waals surface area (Å²) in [6.45, 7) is 1.38. The van der Waals surface area contributed by atoms with Gasteiger partial charge >= 0.3 is 5.97 Å². The van der Waals surface area contributed by atoms with E-state index < -0.39 is 11.7 Å². The molecule has 0 aliphatic heterocycles. The van der Waals surface area contributed by atoms with Crippen LogP contribution in [0.25, 0.3) is 0 Å². The predicted molar refractivity (Wildman–Crippen MR) is 45.9 cm³/mol. The van der Waals surface area contributed by atoms with Gasteiger partial charge in [-0.05, 0) is 13.0 Å². The third-order valence-electron chi connectivity index (χ3n) is 1.77. The number of aromatic carboxylic acids is 1. The third kappa shape index (κ3) is 1.35. The molecule has 0 atom stereocenters. The molecule has 70 valence electrons. The number of nitrogen functional groups attached to an aromatic ring is 1. The van der Waals surface area contributed by atoms with Gasteiger partial charge in [0.1, 0.15) is 17.1 Å². The van der Waals surface area contributed by atoms with Crippen molar-refractivity contribution < 1.29 is 20.1 Å². The van der Waals surface area contributed by atoms with Gasteiger partial charge in [0.2, 0.25) is 0 Å². The summed E-state index contributed by atoms with van der Waals surface area (Å²) in [5.41, 5.74) is 5.00. The molecule has 0 saturated heterocycles. The zero-order chi connectivity index (χ0) is 10.2. The number of aromatic hydroxyl groups is 2. The van der Waals surface area contributed by atoms with E-state index in [1.165, 1.54) is 6.92 Å². The number of carboxylic acid groups (broad SMARTS) is 1. The van der Waals surface area contributed by atoms with Crippen LogP contribution in [0.15, 0.2) is 6.07 Å². The van der Waals surface area contributed by atoms with Crippen LogP contribution in [0, 0.1) is 6.92 Å². The molecule has 0 fully saturated rings. The van der Waals surface area contributed by atoms with E-state index in [1.807, 2.05) is 0 Å².